The second-order valence-corrected chi connectivity index (χ2v) is 6.61. The fourth-order valence-electron chi connectivity index (χ4n) is 2.16. The number of halogens is 3. The number of hydrogen-bond acceptors (Lipinski definition) is 3. The summed E-state index contributed by atoms with van der Waals surface area (Å²) >= 11 is 11.9. The van der Waals surface area contributed by atoms with Gasteiger partial charge in [-0.2, -0.15) is 0 Å². The maximum absolute atomic E-state index is 13.1. The van der Waals surface area contributed by atoms with Crippen LogP contribution in [0.15, 0.2) is 42.5 Å². The third kappa shape index (κ3) is 5.69. The van der Waals surface area contributed by atoms with E-state index in [4.69, 9.17) is 23.2 Å². The van der Waals surface area contributed by atoms with E-state index in [-0.39, 0.29) is 18.4 Å². The zero-order chi connectivity index (χ0) is 19.3. The van der Waals surface area contributed by atoms with E-state index >= 15 is 0 Å². The summed E-state index contributed by atoms with van der Waals surface area (Å²) in [5.74, 6) is -1.14. The predicted molar refractivity (Wildman–Crippen MR) is 102 cm³/mol. The molecule has 5 nitrogen and oxygen atoms in total. The van der Waals surface area contributed by atoms with Crippen LogP contribution in [0, 0.1) is 5.82 Å². The Bertz CT molecular complexity index is 817. The van der Waals surface area contributed by atoms with E-state index in [9.17, 15) is 14.0 Å². The molecule has 8 heteroatoms. The summed E-state index contributed by atoms with van der Waals surface area (Å²) in [5, 5.41) is 6.07. The lowest BCUT2D eigenvalue weighted by atomic mass is 10.2. The second-order valence-electron chi connectivity index (χ2n) is 5.76. The standard InChI is InChI=1S/C18H18Cl2FN3O2/c1-11(18(26)23-16-8-12(19)6-7-15(16)20)24(2)10-17(25)22-14-5-3-4-13(21)9-14/h3-9,11H,10H2,1-2H3,(H,22,25)(H,23,26). The molecular weight excluding hydrogens is 380 g/mol. The Labute approximate surface area is 161 Å². The molecule has 2 amide bonds. The van der Waals surface area contributed by atoms with Crippen molar-refractivity contribution < 1.29 is 14.0 Å². The van der Waals surface area contributed by atoms with Crippen LogP contribution in [0.5, 0.6) is 0 Å². The summed E-state index contributed by atoms with van der Waals surface area (Å²) in [4.78, 5) is 26.0. The largest absolute Gasteiger partial charge is 0.325 e. The van der Waals surface area contributed by atoms with Crippen molar-refractivity contribution in [3.63, 3.8) is 0 Å². The highest BCUT2D eigenvalue weighted by molar-refractivity contribution is 6.35. The third-order valence-corrected chi connectivity index (χ3v) is 4.29. The van der Waals surface area contributed by atoms with E-state index in [0.717, 1.165) is 0 Å². The molecule has 0 aliphatic rings. The Morgan fingerprint density at radius 2 is 1.88 bits per heavy atom. The average molecular weight is 398 g/mol. The number of rotatable bonds is 6. The maximum Gasteiger partial charge on any atom is 0.241 e. The van der Waals surface area contributed by atoms with Crippen molar-refractivity contribution in [2.24, 2.45) is 0 Å². The highest BCUT2D eigenvalue weighted by atomic mass is 35.5. The first-order valence-electron chi connectivity index (χ1n) is 7.78. The molecule has 0 spiro atoms. The molecule has 0 saturated heterocycles. The van der Waals surface area contributed by atoms with Gasteiger partial charge in [0, 0.05) is 10.7 Å². The maximum atomic E-state index is 13.1. The summed E-state index contributed by atoms with van der Waals surface area (Å²) in [5.41, 5.74) is 0.750. The van der Waals surface area contributed by atoms with Crippen molar-refractivity contribution in [1.29, 1.82) is 0 Å². The number of nitrogens with one attached hydrogen (secondary N) is 2. The quantitative estimate of drug-likeness (QED) is 0.773. The number of anilines is 2. The highest BCUT2D eigenvalue weighted by Gasteiger charge is 2.21. The minimum absolute atomic E-state index is 0.0472. The van der Waals surface area contributed by atoms with Crippen molar-refractivity contribution in [3.05, 3.63) is 58.3 Å². The first kappa shape index (κ1) is 20.2. The first-order valence-corrected chi connectivity index (χ1v) is 8.53. The van der Waals surface area contributed by atoms with E-state index in [0.29, 0.717) is 21.4 Å². The Kier molecular flexibility index (Phi) is 6.97. The van der Waals surface area contributed by atoms with Gasteiger partial charge >= 0.3 is 0 Å². The lowest BCUT2D eigenvalue weighted by Crippen LogP contribution is -2.43. The van der Waals surface area contributed by atoms with Crippen LogP contribution in [0.1, 0.15) is 6.92 Å². The Hall–Kier alpha value is -2.15. The molecule has 0 heterocycles. The summed E-state index contributed by atoms with van der Waals surface area (Å²) in [6, 6.07) is 9.72. The summed E-state index contributed by atoms with van der Waals surface area (Å²) in [6.45, 7) is 1.61. The molecule has 0 aliphatic carbocycles. The minimum Gasteiger partial charge on any atom is -0.325 e. The van der Waals surface area contributed by atoms with Gasteiger partial charge in [-0.3, -0.25) is 14.5 Å². The van der Waals surface area contributed by atoms with Crippen molar-refractivity contribution in [3.8, 4) is 0 Å². The molecule has 0 aromatic heterocycles. The number of benzene rings is 2. The molecule has 2 rings (SSSR count). The van der Waals surface area contributed by atoms with Gasteiger partial charge in [-0.15, -0.1) is 0 Å². The Morgan fingerprint density at radius 3 is 2.58 bits per heavy atom. The summed E-state index contributed by atoms with van der Waals surface area (Å²) in [7, 11) is 1.63. The highest BCUT2D eigenvalue weighted by Crippen LogP contribution is 2.25. The molecule has 1 unspecified atom stereocenters. The van der Waals surface area contributed by atoms with Gasteiger partial charge in [0.2, 0.25) is 11.8 Å². The monoisotopic (exact) mass is 397 g/mol. The molecule has 0 fully saturated rings. The van der Waals surface area contributed by atoms with Crippen LogP contribution < -0.4 is 10.6 Å². The summed E-state index contributed by atoms with van der Waals surface area (Å²) < 4.78 is 13.1. The first-order chi connectivity index (χ1) is 12.3. The normalized spacial score (nSPS) is 11.9. The molecule has 0 aliphatic heterocycles. The van der Waals surface area contributed by atoms with Gasteiger partial charge in [0.25, 0.3) is 0 Å². The minimum atomic E-state index is -0.608. The van der Waals surface area contributed by atoms with E-state index in [2.05, 4.69) is 10.6 Å². The zero-order valence-corrected chi connectivity index (χ0v) is 15.7. The van der Waals surface area contributed by atoms with Gasteiger partial charge in [-0.1, -0.05) is 29.3 Å². The second kappa shape index (κ2) is 8.98. The fraction of sp³-hybridized carbons (Fsp3) is 0.222. The lowest BCUT2D eigenvalue weighted by Gasteiger charge is -2.23. The Morgan fingerprint density at radius 1 is 1.15 bits per heavy atom. The molecular formula is C18H18Cl2FN3O2. The zero-order valence-electron chi connectivity index (χ0n) is 14.2. The van der Waals surface area contributed by atoms with Gasteiger partial charge in [0.05, 0.1) is 23.3 Å². The molecule has 2 aromatic carbocycles. The fourth-order valence-corrected chi connectivity index (χ4v) is 2.50. The van der Waals surface area contributed by atoms with Crippen LogP contribution >= 0.6 is 23.2 Å². The van der Waals surface area contributed by atoms with Crippen molar-refractivity contribution in [1.82, 2.24) is 4.90 Å². The smallest absolute Gasteiger partial charge is 0.241 e. The molecule has 2 aromatic rings. The van der Waals surface area contributed by atoms with Gasteiger partial charge < -0.3 is 10.6 Å². The molecule has 26 heavy (non-hydrogen) atoms. The van der Waals surface area contributed by atoms with Gasteiger partial charge in [0.15, 0.2) is 0 Å². The van der Waals surface area contributed by atoms with Gasteiger partial charge in [0.1, 0.15) is 5.82 Å². The van der Waals surface area contributed by atoms with Crippen molar-refractivity contribution in [2.75, 3.05) is 24.2 Å². The van der Waals surface area contributed by atoms with Crippen LogP contribution in [0.25, 0.3) is 0 Å². The SMILES string of the molecule is CC(C(=O)Nc1cc(Cl)ccc1Cl)N(C)CC(=O)Nc1cccc(F)c1. The molecule has 1 atom stereocenters. The number of amides is 2. The van der Waals surface area contributed by atoms with Crippen LogP contribution in [0.4, 0.5) is 15.8 Å². The van der Waals surface area contributed by atoms with Gasteiger partial charge in [-0.05, 0) is 50.4 Å². The molecule has 138 valence electrons. The number of carbonyl (C=O) groups excluding carboxylic acids is 2. The van der Waals surface area contributed by atoms with Crippen LogP contribution in [-0.2, 0) is 9.59 Å². The van der Waals surface area contributed by atoms with E-state index < -0.39 is 11.9 Å². The van der Waals surface area contributed by atoms with Crippen LogP contribution in [0.3, 0.4) is 0 Å². The van der Waals surface area contributed by atoms with E-state index in [1.165, 1.54) is 18.2 Å². The molecule has 2 N–H and O–H groups in total. The number of hydrogen-bond donors (Lipinski definition) is 2. The van der Waals surface area contributed by atoms with Crippen LogP contribution in [-0.4, -0.2) is 36.3 Å². The van der Waals surface area contributed by atoms with Crippen LogP contribution in [0.2, 0.25) is 10.0 Å². The molecule has 0 radical (unpaired) electrons. The van der Waals surface area contributed by atoms with E-state index in [1.807, 2.05) is 0 Å². The predicted octanol–water partition coefficient (Wildman–Crippen LogP) is 4.03. The van der Waals surface area contributed by atoms with E-state index in [1.54, 1.807) is 43.1 Å². The number of carbonyl (C=O) groups is 2. The molecule has 0 saturated carbocycles. The average Bonchev–Trinajstić information content (AvgIpc) is 2.57. The lowest BCUT2D eigenvalue weighted by molar-refractivity contribution is -0.122. The molecule has 0 bridgehead atoms. The third-order valence-electron chi connectivity index (χ3n) is 3.73. The Balaban J connectivity index is 1.93. The van der Waals surface area contributed by atoms with Crippen molar-refractivity contribution >= 4 is 46.4 Å². The number of nitrogens with zero attached hydrogens (tertiary/aromatic N) is 1. The van der Waals surface area contributed by atoms with Gasteiger partial charge in [-0.25, -0.2) is 4.39 Å². The van der Waals surface area contributed by atoms with Crippen molar-refractivity contribution in [2.45, 2.75) is 13.0 Å². The summed E-state index contributed by atoms with van der Waals surface area (Å²) in [6.07, 6.45) is 0. The topological polar surface area (TPSA) is 61.4 Å². The number of likely N-dealkylation sites (N-methyl/N-ethyl adjacent to an activating group) is 1.